The Hall–Kier alpha value is -2.94. The number of aromatic nitrogens is 3. The van der Waals surface area contributed by atoms with Gasteiger partial charge in [-0.15, -0.1) is 0 Å². The Bertz CT molecular complexity index is 941. The third-order valence-electron chi connectivity index (χ3n) is 4.06. The fourth-order valence-electron chi connectivity index (χ4n) is 2.96. The molecule has 0 spiro atoms. The Morgan fingerprint density at radius 2 is 1.48 bits per heavy atom. The van der Waals surface area contributed by atoms with Gasteiger partial charge in [-0.2, -0.15) is 5.10 Å². The smallest absolute Gasteiger partial charge is 0.163 e. The van der Waals surface area contributed by atoms with Crippen LogP contribution in [0.15, 0.2) is 72.9 Å². The van der Waals surface area contributed by atoms with Crippen molar-refractivity contribution in [2.24, 2.45) is 0 Å². The molecule has 2 aromatic carbocycles. The Balaban J connectivity index is 2.02. The summed E-state index contributed by atoms with van der Waals surface area (Å²) >= 11 is 0. The summed E-state index contributed by atoms with van der Waals surface area (Å²) in [5, 5.41) is 4.84. The molecule has 23 heavy (non-hydrogen) atoms. The highest BCUT2D eigenvalue weighted by Gasteiger charge is 2.16. The zero-order chi connectivity index (χ0) is 15.6. The highest BCUT2D eigenvalue weighted by molar-refractivity contribution is 5.81. The molecule has 3 heteroatoms. The third-order valence-corrected chi connectivity index (χ3v) is 4.06. The van der Waals surface area contributed by atoms with Gasteiger partial charge >= 0.3 is 0 Å². The van der Waals surface area contributed by atoms with E-state index in [0.717, 1.165) is 40.1 Å². The van der Waals surface area contributed by atoms with Crippen molar-refractivity contribution in [1.29, 1.82) is 0 Å². The summed E-state index contributed by atoms with van der Waals surface area (Å²) in [7, 11) is 0. The first kappa shape index (κ1) is 13.7. The normalized spacial score (nSPS) is 11.0. The van der Waals surface area contributed by atoms with Gasteiger partial charge < -0.3 is 0 Å². The van der Waals surface area contributed by atoms with Gasteiger partial charge in [-0.3, -0.25) is 0 Å². The summed E-state index contributed by atoms with van der Waals surface area (Å²) in [6.07, 6.45) is 2.74. The van der Waals surface area contributed by atoms with E-state index < -0.39 is 0 Å². The molecule has 0 radical (unpaired) electrons. The average molecular weight is 299 g/mol. The van der Waals surface area contributed by atoms with Gasteiger partial charge in [0.1, 0.15) is 0 Å². The minimum atomic E-state index is 0.877. The molecule has 4 aromatic rings. The maximum Gasteiger partial charge on any atom is 0.163 e. The number of fused-ring (bicyclic) bond motifs is 1. The Morgan fingerprint density at radius 1 is 0.826 bits per heavy atom. The van der Waals surface area contributed by atoms with E-state index in [9.17, 15) is 0 Å². The molecule has 0 unspecified atom stereocenters. The highest BCUT2D eigenvalue weighted by Crippen LogP contribution is 2.30. The molecule has 0 fully saturated rings. The Kier molecular flexibility index (Phi) is 3.39. The maximum atomic E-state index is 4.84. The van der Waals surface area contributed by atoms with Gasteiger partial charge in [0.25, 0.3) is 0 Å². The number of rotatable bonds is 3. The van der Waals surface area contributed by atoms with E-state index in [4.69, 9.17) is 5.10 Å². The van der Waals surface area contributed by atoms with E-state index >= 15 is 0 Å². The van der Waals surface area contributed by atoms with Crippen LogP contribution in [0.5, 0.6) is 0 Å². The number of hydrogen-bond acceptors (Lipinski definition) is 2. The van der Waals surface area contributed by atoms with E-state index in [-0.39, 0.29) is 0 Å². The van der Waals surface area contributed by atoms with Crippen LogP contribution in [-0.2, 0) is 6.42 Å². The predicted molar refractivity (Wildman–Crippen MR) is 93.2 cm³/mol. The Labute approximate surface area is 135 Å². The summed E-state index contributed by atoms with van der Waals surface area (Å²) in [5.41, 5.74) is 6.49. The van der Waals surface area contributed by atoms with Gasteiger partial charge in [0.05, 0.1) is 11.4 Å². The van der Waals surface area contributed by atoms with Crippen molar-refractivity contribution in [3.05, 3.63) is 78.6 Å². The molecule has 4 rings (SSSR count). The first-order valence-corrected chi connectivity index (χ1v) is 7.86. The van der Waals surface area contributed by atoms with E-state index in [1.54, 1.807) is 0 Å². The second-order valence-electron chi connectivity index (χ2n) is 5.47. The van der Waals surface area contributed by atoms with E-state index in [2.05, 4.69) is 48.3 Å². The lowest BCUT2D eigenvalue weighted by atomic mass is 10.0. The van der Waals surface area contributed by atoms with Gasteiger partial charge in [-0.25, -0.2) is 9.50 Å². The van der Waals surface area contributed by atoms with Crippen molar-refractivity contribution in [2.75, 3.05) is 0 Å². The lowest BCUT2D eigenvalue weighted by Crippen LogP contribution is -1.95. The second-order valence-corrected chi connectivity index (χ2v) is 5.47. The molecule has 0 amide bonds. The molecule has 0 saturated heterocycles. The number of hydrogen-bond donors (Lipinski definition) is 0. The maximum absolute atomic E-state index is 4.84. The number of nitrogens with zero attached hydrogens (tertiary/aromatic N) is 3. The number of benzene rings is 2. The lowest BCUT2D eigenvalue weighted by Gasteiger charge is -2.05. The van der Waals surface area contributed by atoms with Gasteiger partial charge in [0.2, 0.25) is 0 Å². The molecule has 0 bridgehead atoms. The van der Waals surface area contributed by atoms with Crippen LogP contribution in [-0.4, -0.2) is 14.6 Å². The minimum Gasteiger partial charge on any atom is -0.236 e. The predicted octanol–water partition coefficient (Wildman–Crippen LogP) is 4.63. The average Bonchev–Trinajstić information content (AvgIpc) is 3.02. The lowest BCUT2D eigenvalue weighted by molar-refractivity contribution is 0.894. The van der Waals surface area contributed by atoms with Gasteiger partial charge in [-0.05, 0) is 18.1 Å². The largest absolute Gasteiger partial charge is 0.236 e. The molecule has 0 aliphatic carbocycles. The van der Waals surface area contributed by atoms with Gasteiger partial charge in [0, 0.05) is 17.3 Å². The summed E-state index contributed by atoms with van der Waals surface area (Å²) in [6.45, 7) is 2.14. The molecule has 3 nitrogen and oxygen atoms in total. The Morgan fingerprint density at radius 3 is 2.13 bits per heavy atom. The fraction of sp³-hybridized carbons (Fsp3) is 0.100. The SMILES string of the molecule is CCc1nn2c(-c3ccccc3)ccnc2c1-c1ccccc1. The van der Waals surface area contributed by atoms with Crippen molar-refractivity contribution >= 4 is 5.65 Å². The molecule has 0 N–H and O–H groups in total. The summed E-state index contributed by atoms with van der Waals surface area (Å²) < 4.78 is 1.97. The van der Waals surface area contributed by atoms with Gasteiger partial charge in [0.15, 0.2) is 5.65 Å². The van der Waals surface area contributed by atoms with Crippen LogP contribution in [0.4, 0.5) is 0 Å². The summed E-state index contributed by atoms with van der Waals surface area (Å²) in [4.78, 5) is 4.61. The van der Waals surface area contributed by atoms with E-state index in [1.807, 2.05) is 41.0 Å². The van der Waals surface area contributed by atoms with E-state index in [0.29, 0.717) is 0 Å². The van der Waals surface area contributed by atoms with Gasteiger partial charge in [-0.1, -0.05) is 67.6 Å². The van der Waals surface area contributed by atoms with Crippen molar-refractivity contribution in [2.45, 2.75) is 13.3 Å². The molecule has 0 saturated carbocycles. The molecule has 0 atom stereocenters. The van der Waals surface area contributed by atoms with Crippen LogP contribution >= 0.6 is 0 Å². The van der Waals surface area contributed by atoms with Crippen LogP contribution < -0.4 is 0 Å². The van der Waals surface area contributed by atoms with Crippen molar-refractivity contribution < 1.29 is 0 Å². The zero-order valence-corrected chi connectivity index (χ0v) is 13.0. The fourth-order valence-corrected chi connectivity index (χ4v) is 2.96. The quantitative estimate of drug-likeness (QED) is 0.552. The molecule has 2 heterocycles. The van der Waals surface area contributed by atoms with Crippen molar-refractivity contribution in [1.82, 2.24) is 14.6 Å². The molecular weight excluding hydrogens is 282 g/mol. The standard InChI is InChI=1S/C20H17N3/c1-2-17-19(16-11-7-4-8-12-16)20-21-14-13-18(23(20)22-17)15-9-5-3-6-10-15/h3-14H,2H2,1H3. The first-order valence-electron chi connectivity index (χ1n) is 7.86. The molecule has 0 aliphatic rings. The van der Waals surface area contributed by atoms with Crippen molar-refractivity contribution in [3.63, 3.8) is 0 Å². The first-order chi connectivity index (χ1) is 11.4. The molecule has 2 aromatic heterocycles. The minimum absolute atomic E-state index is 0.877. The van der Waals surface area contributed by atoms with Crippen molar-refractivity contribution in [3.8, 4) is 22.4 Å². The summed E-state index contributed by atoms with van der Waals surface area (Å²) in [6, 6.07) is 22.7. The van der Waals surface area contributed by atoms with Crippen LogP contribution in [0, 0.1) is 0 Å². The molecule has 0 aliphatic heterocycles. The zero-order valence-electron chi connectivity index (χ0n) is 13.0. The van der Waals surface area contributed by atoms with Crippen LogP contribution in [0.1, 0.15) is 12.6 Å². The number of aryl methyl sites for hydroxylation is 1. The summed E-state index contributed by atoms with van der Waals surface area (Å²) in [5.74, 6) is 0. The molecular formula is C20H17N3. The topological polar surface area (TPSA) is 30.2 Å². The third kappa shape index (κ3) is 2.30. The molecule has 112 valence electrons. The highest BCUT2D eigenvalue weighted by atomic mass is 15.3. The monoisotopic (exact) mass is 299 g/mol. The van der Waals surface area contributed by atoms with Crippen LogP contribution in [0.3, 0.4) is 0 Å². The van der Waals surface area contributed by atoms with Crippen LogP contribution in [0.25, 0.3) is 28.0 Å². The van der Waals surface area contributed by atoms with E-state index in [1.165, 1.54) is 0 Å². The second kappa shape index (κ2) is 5.69. The van der Waals surface area contributed by atoms with Crippen LogP contribution in [0.2, 0.25) is 0 Å².